The molecule has 35 heavy (non-hydrogen) atoms. The molecule has 4 aromatic rings. The predicted molar refractivity (Wildman–Crippen MR) is 135 cm³/mol. The lowest BCUT2D eigenvalue weighted by Crippen LogP contribution is -2.33. The number of carboxylic acids is 1. The van der Waals surface area contributed by atoms with E-state index in [9.17, 15) is 14.7 Å². The number of rotatable bonds is 11. The van der Waals surface area contributed by atoms with E-state index in [2.05, 4.69) is 16.9 Å². The smallest absolute Gasteiger partial charge is 0.334 e. The molecule has 0 saturated carbocycles. The summed E-state index contributed by atoms with van der Waals surface area (Å²) in [6.45, 7) is 4.62. The summed E-state index contributed by atoms with van der Waals surface area (Å²) in [5, 5.41) is 12.5. The molecular formula is C26H27N5O4. The molecule has 4 rings (SSSR count). The van der Waals surface area contributed by atoms with Crippen LogP contribution in [0, 0.1) is 0 Å². The van der Waals surface area contributed by atoms with E-state index in [1.165, 1.54) is 4.57 Å². The minimum Gasteiger partial charge on any atom is -0.481 e. The largest absolute Gasteiger partial charge is 0.481 e. The lowest BCUT2D eigenvalue weighted by atomic mass is 10.1. The molecule has 0 saturated heterocycles. The van der Waals surface area contributed by atoms with Gasteiger partial charge in [0.05, 0.1) is 17.2 Å². The summed E-state index contributed by atoms with van der Waals surface area (Å²) in [5.41, 5.74) is 7.54. The van der Waals surface area contributed by atoms with E-state index in [1.54, 1.807) is 47.2 Å². The van der Waals surface area contributed by atoms with E-state index in [-0.39, 0.29) is 24.3 Å². The summed E-state index contributed by atoms with van der Waals surface area (Å²) in [6, 6.07) is 17.8. The van der Waals surface area contributed by atoms with Gasteiger partial charge in [0.25, 0.3) is 0 Å². The van der Waals surface area contributed by atoms with Crippen molar-refractivity contribution in [3.05, 3.63) is 90.0 Å². The van der Waals surface area contributed by atoms with Crippen molar-refractivity contribution in [2.24, 2.45) is 0 Å². The Labute approximate surface area is 202 Å². The first kappa shape index (κ1) is 23.8. The lowest BCUT2D eigenvalue weighted by Gasteiger charge is -2.18. The van der Waals surface area contributed by atoms with Crippen molar-refractivity contribution >= 4 is 22.8 Å². The van der Waals surface area contributed by atoms with Crippen LogP contribution in [0.25, 0.3) is 16.7 Å². The maximum absolute atomic E-state index is 13.8. The number of hydrogen-bond acceptors (Lipinski definition) is 6. The van der Waals surface area contributed by atoms with E-state index in [0.29, 0.717) is 41.3 Å². The Morgan fingerprint density at radius 1 is 1.14 bits per heavy atom. The molecule has 1 atom stereocenters. The molecule has 9 nitrogen and oxygen atoms in total. The first-order valence-corrected chi connectivity index (χ1v) is 11.2. The Morgan fingerprint density at radius 2 is 1.86 bits per heavy atom. The molecule has 0 amide bonds. The van der Waals surface area contributed by atoms with Gasteiger partial charge in [-0.15, -0.1) is 6.58 Å². The van der Waals surface area contributed by atoms with E-state index < -0.39 is 12.0 Å². The van der Waals surface area contributed by atoms with Gasteiger partial charge in [-0.2, -0.15) is 0 Å². The van der Waals surface area contributed by atoms with Gasteiger partial charge in [-0.1, -0.05) is 24.3 Å². The molecule has 0 radical (unpaired) electrons. The predicted octanol–water partition coefficient (Wildman–Crippen LogP) is 3.74. The third-order valence-corrected chi connectivity index (χ3v) is 5.61. The number of nitrogens with two attached hydrogens (primary N) is 1. The Bertz CT molecular complexity index is 1380. The van der Waals surface area contributed by atoms with Crippen LogP contribution in [0.2, 0.25) is 0 Å². The minimum atomic E-state index is -0.925. The molecule has 0 bridgehead atoms. The van der Waals surface area contributed by atoms with Crippen molar-refractivity contribution < 1.29 is 14.6 Å². The summed E-state index contributed by atoms with van der Waals surface area (Å²) < 4.78 is 8.96. The number of ether oxygens (including phenoxy) is 1. The van der Waals surface area contributed by atoms with Crippen molar-refractivity contribution in [1.82, 2.24) is 19.4 Å². The fraction of sp³-hybridized carbons (Fsp3) is 0.192. The highest BCUT2D eigenvalue weighted by atomic mass is 16.5. The normalized spacial score (nSPS) is 11.9. The van der Waals surface area contributed by atoms with Crippen molar-refractivity contribution in [2.75, 3.05) is 18.8 Å². The van der Waals surface area contributed by atoms with Gasteiger partial charge < -0.3 is 20.9 Å². The zero-order valence-corrected chi connectivity index (χ0v) is 19.1. The van der Waals surface area contributed by atoms with Gasteiger partial charge in [-0.3, -0.25) is 13.9 Å². The number of aromatic nitrogens is 3. The highest BCUT2D eigenvalue weighted by molar-refractivity contribution is 5.87. The average Bonchev–Trinajstić information content (AvgIpc) is 3.15. The molecule has 2 aromatic heterocycles. The zero-order chi connectivity index (χ0) is 24.8. The molecule has 0 aliphatic heterocycles. The van der Waals surface area contributed by atoms with Gasteiger partial charge in [0.1, 0.15) is 22.8 Å². The molecule has 4 N–H and O–H groups in total. The molecule has 2 heterocycles. The maximum atomic E-state index is 13.8. The average molecular weight is 474 g/mol. The van der Waals surface area contributed by atoms with Gasteiger partial charge >= 0.3 is 11.7 Å². The van der Waals surface area contributed by atoms with Crippen LogP contribution in [0.4, 0.5) is 5.82 Å². The number of aliphatic carboxylic acids is 1. The summed E-state index contributed by atoms with van der Waals surface area (Å²) in [7, 11) is 0. The fourth-order valence-electron chi connectivity index (χ4n) is 4.03. The van der Waals surface area contributed by atoms with E-state index in [0.717, 1.165) is 0 Å². The van der Waals surface area contributed by atoms with Crippen LogP contribution in [-0.2, 0) is 4.79 Å². The number of nitrogens with one attached hydrogen (secondary N) is 1. The standard InChI is InChI=1S/C26H27N5O4/c1-2-15-28-17-19(10-13-23(32)33)30-22-14-16-29-25(27)24(22)31(26(30)34)18-8-11-21(12-9-18)35-20-6-4-3-5-7-20/h2-9,11-12,14,16,19,28H,1,10,13,15,17H2,(H2,27,29)(H,32,33)/t19-/m1/s1. The maximum Gasteiger partial charge on any atom is 0.334 e. The van der Waals surface area contributed by atoms with Gasteiger partial charge in [-0.05, 0) is 48.9 Å². The number of hydrogen-bond donors (Lipinski definition) is 3. The third kappa shape index (κ3) is 5.25. The fourth-order valence-corrected chi connectivity index (χ4v) is 4.03. The zero-order valence-electron chi connectivity index (χ0n) is 19.1. The van der Waals surface area contributed by atoms with Gasteiger partial charge in [0.2, 0.25) is 0 Å². The number of fused-ring (bicyclic) bond motifs is 1. The Kier molecular flexibility index (Phi) is 7.27. The van der Waals surface area contributed by atoms with E-state index in [1.807, 2.05) is 30.3 Å². The number of carbonyl (C=O) groups is 1. The van der Waals surface area contributed by atoms with Gasteiger partial charge in [0.15, 0.2) is 0 Å². The monoisotopic (exact) mass is 473 g/mol. The molecule has 0 unspecified atom stereocenters. The summed E-state index contributed by atoms with van der Waals surface area (Å²) in [6.07, 6.45) is 3.44. The number of nitrogens with zero attached hydrogens (tertiary/aromatic N) is 3. The number of pyridine rings is 1. The van der Waals surface area contributed by atoms with Crippen LogP contribution in [-0.4, -0.2) is 38.3 Å². The highest BCUT2D eigenvalue weighted by Gasteiger charge is 2.23. The molecular weight excluding hydrogens is 446 g/mol. The number of anilines is 1. The van der Waals surface area contributed by atoms with Crippen molar-refractivity contribution in [2.45, 2.75) is 18.9 Å². The molecule has 0 spiro atoms. The summed E-state index contributed by atoms with van der Waals surface area (Å²) in [4.78, 5) is 29.2. The summed E-state index contributed by atoms with van der Waals surface area (Å²) in [5.74, 6) is 0.608. The second-order valence-electron chi connectivity index (χ2n) is 7.99. The number of nitrogen functional groups attached to an aromatic ring is 1. The number of para-hydroxylation sites is 1. The van der Waals surface area contributed by atoms with Gasteiger partial charge in [0, 0.05) is 25.7 Å². The molecule has 0 aliphatic carbocycles. The number of benzene rings is 2. The van der Waals surface area contributed by atoms with Crippen LogP contribution >= 0.6 is 0 Å². The van der Waals surface area contributed by atoms with Crippen molar-refractivity contribution in [3.63, 3.8) is 0 Å². The second kappa shape index (κ2) is 10.7. The lowest BCUT2D eigenvalue weighted by molar-refractivity contribution is -0.137. The second-order valence-corrected chi connectivity index (χ2v) is 7.99. The van der Waals surface area contributed by atoms with Crippen LogP contribution in [0.5, 0.6) is 11.5 Å². The highest BCUT2D eigenvalue weighted by Crippen LogP contribution is 2.27. The van der Waals surface area contributed by atoms with Crippen LogP contribution in [0.3, 0.4) is 0 Å². The van der Waals surface area contributed by atoms with Crippen molar-refractivity contribution in [3.8, 4) is 17.2 Å². The van der Waals surface area contributed by atoms with Crippen molar-refractivity contribution in [1.29, 1.82) is 0 Å². The topological polar surface area (TPSA) is 124 Å². The molecule has 0 aliphatic rings. The Balaban J connectivity index is 1.77. The third-order valence-electron chi connectivity index (χ3n) is 5.61. The Morgan fingerprint density at radius 3 is 2.54 bits per heavy atom. The van der Waals surface area contributed by atoms with Crippen LogP contribution < -0.4 is 21.5 Å². The molecule has 180 valence electrons. The molecule has 9 heteroatoms. The Hall–Kier alpha value is -4.37. The van der Waals surface area contributed by atoms with E-state index in [4.69, 9.17) is 10.5 Å². The summed E-state index contributed by atoms with van der Waals surface area (Å²) >= 11 is 0. The quantitative estimate of drug-likeness (QED) is 0.224. The van der Waals surface area contributed by atoms with Crippen LogP contribution in [0.1, 0.15) is 18.9 Å². The SMILES string of the molecule is C=CCNC[C@@H](CCC(=O)O)n1c(=O)n(-c2ccc(Oc3ccccc3)cc2)c2c(N)nccc21. The number of imidazole rings is 1. The number of carboxylic acid groups (broad SMARTS) is 1. The molecule has 0 fully saturated rings. The van der Waals surface area contributed by atoms with E-state index >= 15 is 0 Å². The first-order valence-electron chi connectivity index (χ1n) is 11.2. The van der Waals surface area contributed by atoms with Crippen LogP contribution in [0.15, 0.2) is 84.3 Å². The first-order chi connectivity index (χ1) is 17.0. The molecule has 2 aromatic carbocycles. The van der Waals surface area contributed by atoms with Gasteiger partial charge in [-0.25, -0.2) is 9.78 Å². The minimum absolute atomic E-state index is 0.0777.